The summed E-state index contributed by atoms with van der Waals surface area (Å²) in [7, 11) is 3.14. The molecule has 0 radical (unpaired) electrons. The number of guanidine groups is 1. The van der Waals surface area contributed by atoms with Gasteiger partial charge in [0.2, 0.25) is 0 Å². The minimum absolute atomic E-state index is 0. The topological polar surface area (TPSA) is 62.7 Å². The third-order valence-corrected chi connectivity index (χ3v) is 2.73. The summed E-state index contributed by atoms with van der Waals surface area (Å²) in [6.07, 6.45) is 0.861. The summed E-state index contributed by atoms with van der Waals surface area (Å²) in [5.74, 6) is 0.488. The van der Waals surface area contributed by atoms with Gasteiger partial charge in [-0.25, -0.2) is 4.79 Å². The quantitative estimate of drug-likeness (QED) is 0.341. The molecule has 0 fully saturated rings. The Hall–Kier alpha value is -1.31. The lowest BCUT2D eigenvalue weighted by Gasteiger charge is -2.14. The number of hydrogen-bond acceptors (Lipinski definition) is 3. The van der Waals surface area contributed by atoms with Crippen LogP contribution in [0.1, 0.15) is 29.8 Å². The molecule has 0 aromatic heterocycles. The molecule has 0 heterocycles. The molecular weight excluding hydrogens is 381 g/mol. The first-order valence-electron chi connectivity index (χ1n) is 6.71. The van der Waals surface area contributed by atoms with Crippen LogP contribution >= 0.6 is 24.0 Å². The molecule has 0 spiro atoms. The molecule has 2 N–H and O–H groups in total. The van der Waals surface area contributed by atoms with Crippen LogP contribution in [-0.2, 0) is 11.2 Å². The number of carbonyl (C=O) groups excluding carboxylic acids is 1. The average Bonchev–Trinajstić information content (AvgIpc) is 2.45. The number of nitrogens with one attached hydrogen (secondary N) is 2. The summed E-state index contributed by atoms with van der Waals surface area (Å²) in [4.78, 5) is 15.5. The Bertz CT molecular complexity index is 458. The molecule has 0 saturated heterocycles. The van der Waals surface area contributed by atoms with Crippen LogP contribution in [-0.4, -0.2) is 38.7 Å². The first kappa shape index (κ1) is 19.7. The molecule has 1 rings (SSSR count). The van der Waals surface area contributed by atoms with Gasteiger partial charge < -0.3 is 15.4 Å². The van der Waals surface area contributed by atoms with Crippen LogP contribution < -0.4 is 10.6 Å². The highest BCUT2D eigenvalue weighted by molar-refractivity contribution is 14.0. The Morgan fingerprint density at radius 2 is 1.90 bits per heavy atom. The molecule has 0 bridgehead atoms. The lowest BCUT2D eigenvalue weighted by Crippen LogP contribution is -2.41. The first-order chi connectivity index (χ1) is 9.56. The van der Waals surface area contributed by atoms with Crippen LogP contribution in [0.2, 0.25) is 0 Å². The third-order valence-electron chi connectivity index (χ3n) is 2.73. The molecular formula is C15H24IN3O2. The zero-order chi connectivity index (χ0) is 15.0. The molecule has 0 unspecified atom stereocenters. The van der Waals surface area contributed by atoms with E-state index in [-0.39, 0.29) is 29.9 Å². The van der Waals surface area contributed by atoms with Gasteiger partial charge >= 0.3 is 5.97 Å². The van der Waals surface area contributed by atoms with Crippen molar-refractivity contribution in [2.24, 2.45) is 4.99 Å². The van der Waals surface area contributed by atoms with Crippen molar-refractivity contribution in [3.8, 4) is 0 Å². The monoisotopic (exact) mass is 405 g/mol. The molecule has 0 atom stereocenters. The molecule has 1 aromatic rings. The lowest BCUT2D eigenvalue weighted by molar-refractivity contribution is 0.0600. The van der Waals surface area contributed by atoms with Gasteiger partial charge in [0.15, 0.2) is 5.96 Å². The average molecular weight is 405 g/mol. The summed E-state index contributed by atoms with van der Waals surface area (Å²) >= 11 is 0. The second kappa shape index (κ2) is 10.4. The second-order valence-electron chi connectivity index (χ2n) is 4.74. The number of nitrogens with zero attached hydrogens (tertiary/aromatic N) is 1. The van der Waals surface area contributed by atoms with Crippen molar-refractivity contribution in [3.63, 3.8) is 0 Å². The summed E-state index contributed by atoms with van der Waals surface area (Å²) in [5.41, 5.74) is 1.73. The predicted octanol–water partition coefficient (Wildman–Crippen LogP) is 2.21. The van der Waals surface area contributed by atoms with Gasteiger partial charge in [-0.1, -0.05) is 12.1 Å². The zero-order valence-corrected chi connectivity index (χ0v) is 15.3. The van der Waals surface area contributed by atoms with Gasteiger partial charge in [-0.3, -0.25) is 4.99 Å². The van der Waals surface area contributed by atoms with E-state index in [0.29, 0.717) is 11.6 Å². The zero-order valence-electron chi connectivity index (χ0n) is 13.0. The fourth-order valence-electron chi connectivity index (χ4n) is 1.72. The fourth-order valence-corrected chi connectivity index (χ4v) is 1.72. The molecule has 5 nitrogen and oxygen atoms in total. The van der Waals surface area contributed by atoms with E-state index in [0.717, 1.165) is 24.5 Å². The van der Waals surface area contributed by atoms with Crippen molar-refractivity contribution in [1.82, 2.24) is 10.6 Å². The van der Waals surface area contributed by atoms with E-state index in [2.05, 4.69) is 34.2 Å². The van der Waals surface area contributed by atoms with E-state index >= 15 is 0 Å². The minimum atomic E-state index is -0.309. The van der Waals surface area contributed by atoms with E-state index in [1.165, 1.54) is 7.11 Å². The molecule has 1 aromatic carbocycles. The maximum absolute atomic E-state index is 11.3. The largest absolute Gasteiger partial charge is 0.465 e. The first-order valence-corrected chi connectivity index (χ1v) is 6.71. The number of methoxy groups -OCH3 is 1. The Labute approximate surface area is 143 Å². The van der Waals surface area contributed by atoms with E-state index in [1.54, 1.807) is 19.2 Å². The van der Waals surface area contributed by atoms with Crippen LogP contribution in [0, 0.1) is 0 Å². The van der Waals surface area contributed by atoms with Crippen LogP contribution in [0.4, 0.5) is 0 Å². The van der Waals surface area contributed by atoms with Gasteiger partial charge in [-0.2, -0.15) is 0 Å². The van der Waals surface area contributed by atoms with Crippen LogP contribution in [0.5, 0.6) is 0 Å². The van der Waals surface area contributed by atoms with Gasteiger partial charge in [0.25, 0.3) is 0 Å². The molecule has 118 valence electrons. The number of carbonyl (C=O) groups is 1. The van der Waals surface area contributed by atoms with E-state index < -0.39 is 0 Å². The lowest BCUT2D eigenvalue weighted by atomic mass is 10.1. The number of benzene rings is 1. The van der Waals surface area contributed by atoms with E-state index in [1.807, 2.05) is 12.1 Å². The summed E-state index contributed by atoms with van der Waals surface area (Å²) in [5, 5.41) is 6.47. The maximum atomic E-state index is 11.3. The van der Waals surface area contributed by atoms with Crippen molar-refractivity contribution < 1.29 is 9.53 Å². The molecule has 21 heavy (non-hydrogen) atoms. The van der Waals surface area contributed by atoms with Gasteiger partial charge in [0.1, 0.15) is 0 Å². The third kappa shape index (κ3) is 7.31. The van der Waals surface area contributed by atoms with Crippen molar-refractivity contribution in [2.45, 2.75) is 26.3 Å². The Morgan fingerprint density at radius 1 is 1.29 bits per heavy atom. The molecule has 0 aliphatic rings. The number of esters is 1. The van der Waals surface area contributed by atoms with Crippen molar-refractivity contribution in [2.75, 3.05) is 20.7 Å². The Morgan fingerprint density at radius 3 is 2.38 bits per heavy atom. The standard InChI is InChI=1S/C15H23N3O2.HI/c1-11(2)18-15(16-3)17-10-9-12-5-7-13(8-6-12)14(19)20-4;/h5-8,11H,9-10H2,1-4H3,(H2,16,17,18);1H. The fraction of sp³-hybridized carbons (Fsp3) is 0.467. The predicted molar refractivity (Wildman–Crippen MR) is 96.5 cm³/mol. The molecule has 0 amide bonds. The summed E-state index contributed by atoms with van der Waals surface area (Å²) in [6, 6.07) is 7.78. The Kier molecular flexibility index (Phi) is 9.77. The van der Waals surface area contributed by atoms with Gasteiger partial charge in [0.05, 0.1) is 12.7 Å². The number of halogens is 1. The summed E-state index contributed by atoms with van der Waals surface area (Å²) in [6.45, 7) is 4.92. The van der Waals surface area contributed by atoms with Gasteiger partial charge in [-0.05, 0) is 38.0 Å². The number of aliphatic imine (C=N–C) groups is 1. The van der Waals surface area contributed by atoms with Gasteiger partial charge in [0, 0.05) is 19.6 Å². The molecule has 6 heteroatoms. The smallest absolute Gasteiger partial charge is 0.337 e. The van der Waals surface area contributed by atoms with Crippen molar-refractivity contribution in [1.29, 1.82) is 0 Å². The van der Waals surface area contributed by atoms with E-state index in [9.17, 15) is 4.79 Å². The highest BCUT2D eigenvalue weighted by atomic mass is 127. The van der Waals surface area contributed by atoms with Crippen LogP contribution in [0.15, 0.2) is 29.3 Å². The molecule has 0 aliphatic heterocycles. The molecule has 0 saturated carbocycles. The number of rotatable bonds is 5. The van der Waals surface area contributed by atoms with Crippen LogP contribution in [0.25, 0.3) is 0 Å². The number of ether oxygens (including phenoxy) is 1. The van der Waals surface area contributed by atoms with Gasteiger partial charge in [-0.15, -0.1) is 24.0 Å². The van der Waals surface area contributed by atoms with E-state index in [4.69, 9.17) is 0 Å². The van der Waals surface area contributed by atoms with Crippen molar-refractivity contribution >= 4 is 35.9 Å². The second-order valence-corrected chi connectivity index (χ2v) is 4.74. The SMILES string of the molecule is CN=C(NCCc1ccc(C(=O)OC)cc1)NC(C)C.I. The number of hydrogen-bond donors (Lipinski definition) is 2. The van der Waals surface area contributed by atoms with Crippen LogP contribution in [0.3, 0.4) is 0 Å². The Balaban J connectivity index is 0.00000400. The molecule has 0 aliphatic carbocycles. The van der Waals surface area contributed by atoms with Crippen molar-refractivity contribution in [3.05, 3.63) is 35.4 Å². The minimum Gasteiger partial charge on any atom is -0.465 e. The summed E-state index contributed by atoms with van der Waals surface area (Å²) < 4.78 is 4.66. The maximum Gasteiger partial charge on any atom is 0.337 e. The highest BCUT2D eigenvalue weighted by Crippen LogP contribution is 2.06. The normalized spacial score (nSPS) is 10.8. The highest BCUT2D eigenvalue weighted by Gasteiger charge is 2.04.